The van der Waals surface area contributed by atoms with Gasteiger partial charge in [-0.1, -0.05) is 11.6 Å². The fraction of sp³-hybridized carbons (Fsp3) is 0.154. The first kappa shape index (κ1) is 12.0. The molecule has 0 spiro atoms. The number of aliphatic hydroxyl groups is 1. The zero-order valence-corrected chi connectivity index (χ0v) is 9.95. The molecule has 1 heterocycles. The Morgan fingerprint density at radius 2 is 2.06 bits per heavy atom. The number of hydrogen-bond donors (Lipinski definition) is 1. The smallest absolute Gasteiger partial charge is 0.123 e. The van der Waals surface area contributed by atoms with E-state index in [1.807, 2.05) is 6.92 Å². The fourth-order valence-electron chi connectivity index (χ4n) is 1.64. The molecule has 0 radical (unpaired) electrons. The monoisotopic (exact) mass is 251 g/mol. The highest BCUT2D eigenvalue weighted by Gasteiger charge is 2.15. The standard InChI is InChI=1S/C13H11ClFNO/c1-8-6-9(4-5-16-8)13(17)11-7-10(15)2-3-12(11)14/h2-7,13,17H,1H3. The molecule has 17 heavy (non-hydrogen) atoms. The van der Waals surface area contributed by atoms with Gasteiger partial charge in [-0.2, -0.15) is 0 Å². The van der Waals surface area contributed by atoms with Crippen LogP contribution in [0.4, 0.5) is 4.39 Å². The largest absolute Gasteiger partial charge is 0.384 e. The summed E-state index contributed by atoms with van der Waals surface area (Å²) in [5.74, 6) is -0.422. The van der Waals surface area contributed by atoms with E-state index in [1.54, 1.807) is 18.3 Å². The summed E-state index contributed by atoms with van der Waals surface area (Å²) in [6, 6.07) is 7.35. The summed E-state index contributed by atoms with van der Waals surface area (Å²) in [7, 11) is 0. The maximum atomic E-state index is 13.1. The van der Waals surface area contributed by atoms with Crippen LogP contribution in [0.5, 0.6) is 0 Å². The number of rotatable bonds is 2. The van der Waals surface area contributed by atoms with Crippen LogP contribution in [-0.2, 0) is 0 Å². The Labute approximate surface area is 104 Å². The lowest BCUT2D eigenvalue weighted by Gasteiger charge is -2.13. The predicted molar refractivity (Wildman–Crippen MR) is 64.4 cm³/mol. The first-order chi connectivity index (χ1) is 8.08. The number of nitrogens with zero attached hydrogens (tertiary/aromatic N) is 1. The Morgan fingerprint density at radius 3 is 2.76 bits per heavy atom. The van der Waals surface area contributed by atoms with Gasteiger partial charge < -0.3 is 5.11 Å². The van der Waals surface area contributed by atoms with Gasteiger partial charge in [0.05, 0.1) is 0 Å². The summed E-state index contributed by atoms with van der Waals surface area (Å²) in [6.45, 7) is 1.82. The lowest BCUT2D eigenvalue weighted by molar-refractivity contribution is 0.219. The topological polar surface area (TPSA) is 33.1 Å². The number of halogens is 2. The van der Waals surface area contributed by atoms with Gasteiger partial charge in [-0.3, -0.25) is 4.98 Å². The fourth-order valence-corrected chi connectivity index (χ4v) is 1.86. The third kappa shape index (κ3) is 2.62. The van der Waals surface area contributed by atoms with Crippen molar-refractivity contribution in [2.75, 3.05) is 0 Å². The van der Waals surface area contributed by atoms with E-state index in [-0.39, 0.29) is 0 Å². The SMILES string of the molecule is Cc1cc(C(O)c2cc(F)ccc2Cl)ccn1. The molecule has 88 valence electrons. The number of aliphatic hydroxyl groups excluding tert-OH is 1. The van der Waals surface area contributed by atoms with Crippen molar-refractivity contribution in [2.45, 2.75) is 13.0 Å². The van der Waals surface area contributed by atoms with Gasteiger partial charge in [-0.25, -0.2) is 4.39 Å². The zero-order chi connectivity index (χ0) is 12.4. The average molecular weight is 252 g/mol. The number of aryl methyl sites for hydroxylation is 1. The van der Waals surface area contributed by atoms with Crippen molar-refractivity contribution in [1.29, 1.82) is 0 Å². The predicted octanol–water partition coefficient (Wildman–Crippen LogP) is 3.26. The minimum Gasteiger partial charge on any atom is -0.384 e. The van der Waals surface area contributed by atoms with Crippen LogP contribution < -0.4 is 0 Å². The first-order valence-corrected chi connectivity index (χ1v) is 5.51. The van der Waals surface area contributed by atoms with Crippen molar-refractivity contribution in [3.05, 3.63) is 64.2 Å². The Kier molecular flexibility index (Phi) is 3.41. The molecule has 0 aliphatic rings. The van der Waals surface area contributed by atoms with Crippen LogP contribution in [0.15, 0.2) is 36.5 Å². The highest BCUT2D eigenvalue weighted by atomic mass is 35.5. The first-order valence-electron chi connectivity index (χ1n) is 5.13. The van der Waals surface area contributed by atoms with Gasteiger partial charge in [-0.05, 0) is 42.8 Å². The molecular formula is C13H11ClFNO. The molecule has 0 aliphatic heterocycles. The van der Waals surface area contributed by atoms with Crippen molar-refractivity contribution < 1.29 is 9.50 Å². The molecule has 4 heteroatoms. The normalized spacial score (nSPS) is 12.5. The van der Waals surface area contributed by atoms with Crippen LogP contribution in [0.3, 0.4) is 0 Å². The molecule has 2 aromatic rings. The van der Waals surface area contributed by atoms with Gasteiger partial charge >= 0.3 is 0 Å². The lowest BCUT2D eigenvalue weighted by atomic mass is 10.0. The molecule has 0 saturated carbocycles. The Morgan fingerprint density at radius 1 is 1.29 bits per heavy atom. The Hall–Kier alpha value is -1.45. The quantitative estimate of drug-likeness (QED) is 0.889. The van der Waals surface area contributed by atoms with E-state index in [1.165, 1.54) is 18.2 Å². The van der Waals surface area contributed by atoms with Crippen LogP contribution in [0, 0.1) is 12.7 Å². The van der Waals surface area contributed by atoms with Crippen LogP contribution >= 0.6 is 11.6 Å². The molecule has 1 unspecified atom stereocenters. The molecule has 1 aromatic heterocycles. The van der Waals surface area contributed by atoms with E-state index < -0.39 is 11.9 Å². The molecule has 0 fully saturated rings. The van der Waals surface area contributed by atoms with Gasteiger partial charge in [-0.15, -0.1) is 0 Å². The van der Waals surface area contributed by atoms with E-state index in [4.69, 9.17) is 11.6 Å². The van der Waals surface area contributed by atoms with E-state index >= 15 is 0 Å². The highest BCUT2D eigenvalue weighted by Crippen LogP contribution is 2.28. The second-order valence-electron chi connectivity index (χ2n) is 3.80. The van der Waals surface area contributed by atoms with Gasteiger partial charge in [0.1, 0.15) is 11.9 Å². The summed E-state index contributed by atoms with van der Waals surface area (Å²) >= 11 is 5.94. The van der Waals surface area contributed by atoms with Crippen LogP contribution in [-0.4, -0.2) is 10.1 Å². The van der Waals surface area contributed by atoms with Crippen molar-refractivity contribution in [3.63, 3.8) is 0 Å². The molecule has 1 atom stereocenters. The summed E-state index contributed by atoms with van der Waals surface area (Å²) in [5, 5.41) is 10.5. The van der Waals surface area contributed by atoms with Gasteiger partial charge in [0.15, 0.2) is 0 Å². The average Bonchev–Trinajstić information content (AvgIpc) is 2.31. The van der Waals surface area contributed by atoms with Crippen molar-refractivity contribution in [1.82, 2.24) is 4.98 Å². The number of pyridine rings is 1. The van der Waals surface area contributed by atoms with Crippen LogP contribution in [0.1, 0.15) is 22.9 Å². The van der Waals surface area contributed by atoms with Gasteiger partial charge in [0.25, 0.3) is 0 Å². The lowest BCUT2D eigenvalue weighted by Crippen LogP contribution is -2.02. The maximum absolute atomic E-state index is 13.1. The third-order valence-electron chi connectivity index (χ3n) is 2.49. The Bertz CT molecular complexity index is 545. The zero-order valence-electron chi connectivity index (χ0n) is 9.19. The maximum Gasteiger partial charge on any atom is 0.123 e. The van der Waals surface area contributed by atoms with E-state index in [0.29, 0.717) is 16.1 Å². The van der Waals surface area contributed by atoms with Gasteiger partial charge in [0.2, 0.25) is 0 Å². The number of hydrogen-bond acceptors (Lipinski definition) is 2. The molecule has 2 rings (SSSR count). The molecule has 2 nitrogen and oxygen atoms in total. The number of benzene rings is 1. The summed E-state index contributed by atoms with van der Waals surface area (Å²) in [4.78, 5) is 4.04. The number of aromatic nitrogens is 1. The molecule has 0 aliphatic carbocycles. The van der Waals surface area contributed by atoms with Crippen molar-refractivity contribution in [2.24, 2.45) is 0 Å². The van der Waals surface area contributed by atoms with Crippen molar-refractivity contribution in [3.8, 4) is 0 Å². The summed E-state index contributed by atoms with van der Waals surface area (Å²) in [5.41, 5.74) is 1.79. The molecule has 0 bridgehead atoms. The molecule has 0 saturated heterocycles. The summed E-state index contributed by atoms with van der Waals surface area (Å²) < 4.78 is 13.1. The summed E-state index contributed by atoms with van der Waals surface area (Å²) in [6.07, 6.45) is 0.654. The van der Waals surface area contributed by atoms with Gasteiger partial charge in [0, 0.05) is 22.5 Å². The minimum absolute atomic E-state index is 0.341. The van der Waals surface area contributed by atoms with Crippen molar-refractivity contribution >= 4 is 11.6 Å². The van der Waals surface area contributed by atoms with Crippen LogP contribution in [0.2, 0.25) is 5.02 Å². The van der Waals surface area contributed by atoms with E-state index in [9.17, 15) is 9.50 Å². The molecule has 1 aromatic carbocycles. The second kappa shape index (κ2) is 4.82. The van der Waals surface area contributed by atoms with Crippen LogP contribution in [0.25, 0.3) is 0 Å². The van der Waals surface area contributed by atoms with E-state index in [0.717, 1.165) is 5.69 Å². The minimum atomic E-state index is -0.945. The molecule has 0 amide bonds. The Balaban J connectivity index is 2.43. The molecular weight excluding hydrogens is 241 g/mol. The van der Waals surface area contributed by atoms with E-state index in [2.05, 4.69) is 4.98 Å². The molecule has 1 N–H and O–H groups in total. The highest BCUT2D eigenvalue weighted by molar-refractivity contribution is 6.31. The third-order valence-corrected chi connectivity index (χ3v) is 2.83. The second-order valence-corrected chi connectivity index (χ2v) is 4.21.